The molecule has 2 unspecified atom stereocenters. The third-order valence-corrected chi connectivity index (χ3v) is 4.39. The third-order valence-electron chi connectivity index (χ3n) is 3.14. The van der Waals surface area contributed by atoms with Crippen molar-refractivity contribution in [3.63, 3.8) is 0 Å². The van der Waals surface area contributed by atoms with Crippen molar-refractivity contribution in [3.8, 4) is 0 Å². The highest BCUT2D eigenvalue weighted by Crippen LogP contribution is 2.42. The number of rotatable bonds is 1. The molecule has 0 fully saturated rings. The van der Waals surface area contributed by atoms with Gasteiger partial charge in [0.05, 0.1) is 6.04 Å². The summed E-state index contributed by atoms with van der Waals surface area (Å²) in [6.45, 7) is 2.28. The Bertz CT molecular complexity index is 509. The van der Waals surface area contributed by atoms with Crippen molar-refractivity contribution in [1.82, 2.24) is 0 Å². The van der Waals surface area contributed by atoms with Crippen LogP contribution in [0.25, 0.3) is 0 Å². The summed E-state index contributed by atoms with van der Waals surface area (Å²) < 4.78 is 0. The number of hydrogen-bond donors (Lipinski definition) is 1. The summed E-state index contributed by atoms with van der Waals surface area (Å²) in [5.74, 6) is 0. The van der Waals surface area contributed by atoms with Gasteiger partial charge in [0.1, 0.15) is 0 Å². The van der Waals surface area contributed by atoms with Crippen LogP contribution in [-0.4, -0.2) is 5.25 Å². The van der Waals surface area contributed by atoms with Crippen LogP contribution >= 0.6 is 11.8 Å². The molecule has 2 aromatic rings. The molecule has 0 saturated heterocycles. The van der Waals surface area contributed by atoms with Gasteiger partial charge in [-0.3, -0.25) is 0 Å². The van der Waals surface area contributed by atoms with E-state index < -0.39 is 0 Å². The van der Waals surface area contributed by atoms with Gasteiger partial charge in [0.25, 0.3) is 0 Å². The van der Waals surface area contributed by atoms with Crippen LogP contribution in [0.4, 0.5) is 5.69 Å². The maximum absolute atomic E-state index is 3.64. The molecule has 0 saturated carbocycles. The van der Waals surface area contributed by atoms with Gasteiger partial charge in [-0.2, -0.15) is 0 Å². The number of anilines is 1. The van der Waals surface area contributed by atoms with E-state index in [0.29, 0.717) is 11.3 Å². The lowest BCUT2D eigenvalue weighted by Crippen LogP contribution is -2.24. The molecule has 1 heterocycles. The number of para-hydroxylation sites is 1. The largest absolute Gasteiger partial charge is 0.376 e. The van der Waals surface area contributed by atoms with Gasteiger partial charge in [0.2, 0.25) is 0 Å². The zero-order valence-corrected chi connectivity index (χ0v) is 10.6. The second-order valence-electron chi connectivity index (χ2n) is 4.35. The van der Waals surface area contributed by atoms with Crippen LogP contribution in [0.1, 0.15) is 18.5 Å². The van der Waals surface area contributed by atoms with Crippen molar-refractivity contribution < 1.29 is 0 Å². The number of hydrogen-bond acceptors (Lipinski definition) is 2. The first-order valence-corrected chi connectivity index (χ1v) is 6.80. The maximum Gasteiger partial charge on any atom is 0.0633 e. The molecular weight excluding hydrogens is 226 g/mol. The van der Waals surface area contributed by atoms with E-state index in [1.807, 2.05) is 11.8 Å². The quantitative estimate of drug-likeness (QED) is 0.797. The Morgan fingerprint density at radius 1 is 0.941 bits per heavy atom. The van der Waals surface area contributed by atoms with Gasteiger partial charge in [-0.25, -0.2) is 0 Å². The van der Waals surface area contributed by atoms with E-state index >= 15 is 0 Å². The average molecular weight is 241 g/mol. The monoisotopic (exact) mass is 241 g/mol. The van der Waals surface area contributed by atoms with E-state index in [2.05, 4.69) is 66.8 Å². The lowest BCUT2D eigenvalue weighted by molar-refractivity contribution is 0.753. The highest BCUT2D eigenvalue weighted by Gasteiger charge is 2.25. The molecule has 2 atom stereocenters. The van der Waals surface area contributed by atoms with E-state index in [1.165, 1.54) is 16.1 Å². The average Bonchev–Trinajstić information content (AvgIpc) is 2.39. The van der Waals surface area contributed by atoms with E-state index in [4.69, 9.17) is 0 Å². The Hall–Kier alpha value is -1.41. The van der Waals surface area contributed by atoms with Gasteiger partial charge in [-0.1, -0.05) is 49.4 Å². The lowest BCUT2D eigenvalue weighted by atomic mass is 10.0. The summed E-state index contributed by atoms with van der Waals surface area (Å²) in [5, 5.41) is 4.19. The minimum Gasteiger partial charge on any atom is -0.376 e. The lowest BCUT2D eigenvalue weighted by Gasteiger charge is -2.32. The Morgan fingerprint density at radius 3 is 2.47 bits per heavy atom. The SMILES string of the molecule is CC1Sc2ccccc2NC1c1ccccc1. The maximum atomic E-state index is 3.64. The second-order valence-corrected chi connectivity index (χ2v) is 5.77. The summed E-state index contributed by atoms with van der Waals surface area (Å²) in [6, 6.07) is 19.6. The predicted molar refractivity (Wildman–Crippen MR) is 74.6 cm³/mol. The fraction of sp³-hybridized carbons (Fsp3) is 0.200. The molecule has 0 radical (unpaired) electrons. The van der Waals surface area contributed by atoms with Crippen LogP contribution in [0, 0.1) is 0 Å². The minimum atomic E-state index is 0.399. The molecular formula is C15H15NS. The smallest absolute Gasteiger partial charge is 0.0633 e. The number of thioether (sulfide) groups is 1. The summed E-state index contributed by atoms with van der Waals surface area (Å²) >= 11 is 1.95. The van der Waals surface area contributed by atoms with Crippen LogP contribution in [0.3, 0.4) is 0 Å². The zero-order chi connectivity index (χ0) is 11.7. The summed E-state index contributed by atoms with van der Waals surface area (Å²) in [6.07, 6.45) is 0. The molecule has 2 heteroatoms. The Balaban J connectivity index is 1.95. The summed E-state index contributed by atoms with van der Waals surface area (Å²) in [4.78, 5) is 1.35. The topological polar surface area (TPSA) is 12.0 Å². The molecule has 0 aromatic heterocycles. The van der Waals surface area contributed by atoms with Gasteiger partial charge in [-0.05, 0) is 17.7 Å². The van der Waals surface area contributed by atoms with Crippen molar-refractivity contribution in [3.05, 3.63) is 60.2 Å². The number of benzene rings is 2. The molecule has 0 bridgehead atoms. The fourth-order valence-corrected chi connectivity index (χ4v) is 3.43. The van der Waals surface area contributed by atoms with E-state index in [-0.39, 0.29) is 0 Å². The van der Waals surface area contributed by atoms with E-state index in [9.17, 15) is 0 Å². The predicted octanol–water partition coefficient (Wildman–Crippen LogP) is 4.33. The van der Waals surface area contributed by atoms with Gasteiger partial charge in [0, 0.05) is 15.8 Å². The number of fused-ring (bicyclic) bond motifs is 1. The summed E-state index contributed by atoms with van der Waals surface area (Å²) in [7, 11) is 0. The molecule has 86 valence electrons. The normalized spacial score (nSPS) is 22.6. The van der Waals surface area contributed by atoms with Gasteiger partial charge < -0.3 is 5.32 Å². The number of nitrogens with one attached hydrogen (secondary N) is 1. The highest BCUT2D eigenvalue weighted by molar-refractivity contribution is 8.00. The minimum absolute atomic E-state index is 0.399. The standard InChI is InChI=1S/C15H15NS/c1-11-15(12-7-3-2-4-8-12)16-13-9-5-6-10-14(13)17-11/h2-11,15-16H,1H3. The van der Waals surface area contributed by atoms with E-state index in [0.717, 1.165) is 0 Å². The zero-order valence-electron chi connectivity index (χ0n) is 9.76. The third kappa shape index (κ3) is 2.05. The molecule has 1 aliphatic heterocycles. The van der Waals surface area contributed by atoms with Gasteiger partial charge in [-0.15, -0.1) is 11.8 Å². The highest BCUT2D eigenvalue weighted by atomic mass is 32.2. The molecule has 3 rings (SSSR count). The van der Waals surface area contributed by atoms with Crippen LogP contribution in [0.2, 0.25) is 0 Å². The van der Waals surface area contributed by atoms with Crippen molar-refractivity contribution in [1.29, 1.82) is 0 Å². The van der Waals surface area contributed by atoms with Crippen LogP contribution in [-0.2, 0) is 0 Å². The molecule has 2 aromatic carbocycles. The molecule has 0 amide bonds. The Labute approximate surface area is 106 Å². The van der Waals surface area contributed by atoms with Crippen LogP contribution in [0.5, 0.6) is 0 Å². The molecule has 1 N–H and O–H groups in total. The second kappa shape index (κ2) is 4.46. The van der Waals surface area contributed by atoms with Gasteiger partial charge >= 0.3 is 0 Å². The van der Waals surface area contributed by atoms with Crippen LogP contribution in [0.15, 0.2) is 59.5 Å². The van der Waals surface area contributed by atoms with Crippen LogP contribution < -0.4 is 5.32 Å². The molecule has 1 nitrogen and oxygen atoms in total. The van der Waals surface area contributed by atoms with Crippen molar-refractivity contribution in [2.45, 2.75) is 23.1 Å². The van der Waals surface area contributed by atoms with Gasteiger partial charge in [0.15, 0.2) is 0 Å². The Kier molecular flexibility index (Phi) is 2.81. The first kappa shape index (κ1) is 10.7. The molecule has 1 aliphatic rings. The molecule has 0 aliphatic carbocycles. The molecule has 17 heavy (non-hydrogen) atoms. The first-order valence-electron chi connectivity index (χ1n) is 5.92. The van der Waals surface area contributed by atoms with Crippen molar-refractivity contribution >= 4 is 17.4 Å². The van der Waals surface area contributed by atoms with Crippen molar-refractivity contribution in [2.24, 2.45) is 0 Å². The van der Waals surface area contributed by atoms with E-state index in [1.54, 1.807) is 0 Å². The summed E-state index contributed by atoms with van der Waals surface area (Å²) in [5.41, 5.74) is 2.62. The fourth-order valence-electron chi connectivity index (χ4n) is 2.26. The Morgan fingerprint density at radius 2 is 1.65 bits per heavy atom. The first-order chi connectivity index (χ1) is 8.34. The van der Waals surface area contributed by atoms with Crippen molar-refractivity contribution in [2.75, 3.05) is 5.32 Å². The molecule has 0 spiro atoms.